The summed E-state index contributed by atoms with van der Waals surface area (Å²) in [5, 5.41) is 9.15. The second-order valence-electron chi connectivity index (χ2n) is 6.80. The zero-order valence-electron chi connectivity index (χ0n) is 14.7. The van der Waals surface area contributed by atoms with Gasteiger partial charge < -0.3 is 5.11 Å². The lowest BCUT2D eigenvalue weighted by molar-refractivity contribution is -0.143. The number of hydrogen-bond acceptors (Lipinski definition) is 2. The maximum absolute atomic E-state index is 14.5. The normalized spacial score (nSPS) is 17.5. The first kappa shape index (κ1) is 20.3. The molecule has 2 aromatic carbocycles. The highest BCUT2D eigenvalue weighted by molar-refractivity contribution is 5.70. The predicted octanol–water partition coefficient (Wildman–Crippen LogP) is 4.87. The summed E-state index contributed by atoms with van der Waals surface area (Å²) in [4.78, 5) is 12.8. The van der Waals surface area contributed by atoms with E-state index in [1.165, 1.54) is 18.2 Å². The molecule has 1 N–H and O–H groups in total. The van der Waals surface area contributed by atoms with Crippen LogP contribution in [0.5, 0.6) is 0 Å². The third-order valence-corrected chi connectivity index (χ3v) is 5.06. The number of likely N-dealkylation sites (tertiary alicyclic amines) is 1. The summed E-state index contributed by atoms with van der Waals surface area (Å²) in [6.45, 7) is 0.370. The lowest BCUT2D eigenvalue weighted by atomic mass is 9.89. The van der Waals surface area contributed by atoms with E-state index in [0.29, 0.717) is 6.07 Å². The Balaban J connectivity index is 2.08. The lowest BCUT2D eigenvalue weighted by Crippen LogP contribution is -2.40. The highest BCUT2D eigenvalue weighted by atomic mass is 19.4. The molecule has 1 fully saturated rings. The molecule has 28 heavy (non-hydrogen) atoms. The molecule has 1 atom stereocenters. The average molecular weight is 399 g/mol. The van der Waals surface area contributed by atoms with Crippen molar-refractivity contribution in [2.45, 2.75) is 25.1 Å². The number of carboxylic acids is 1. The Morgan fingerprint density at radius 2 is 1.68 bits per heavy atom. The van der Waals surface area contributed by atoms with Gasteiger partial charge in [-0.05, 0) is 43.6 Å². The van der Waals surface area contributed by atoms with Crippen molar-refractivity contribution in [3.63, 3.8) is 0 Å². The molecule has 0 saturated carbocycles. The predicted molar refractivity (Wildman–Crippen MR) is 91.6 cm³/mol. The van der Waals surface area contributed by atoms with E-state index in [0.717, 1.165) is 18.2 Å². The number of aliphatic carboxylic acids is 1. The van der Waals surface area contributed by atoms with Gasteiger partial charge in [0.1, 0.15) is 11.6 Å². The summed E-state index contributed by atoms with van der Waals surface area (Å²) in [5.74, 6) is -3.32. The number of hydrogen-bond donors (Lipinski definition) is 1. The second kappa shape index (κ2) is 7.87. The fourth-order valence-electron chi connectivity index (χ4n) is 3.68. The number of carboxylic acid groups (broad SMARTS) is 1. The lowest BCUT2D eigenvalue weighted by Gasteiger charge is -2.38. The van der Waals surface area contributed by atoms with Gasteiger partial charge in [0.05, 0.1) is 17.5 Å². The number of rotatable bonds is 4. The molecule has 1 heterocycles. The van der Waals surface area contributed by atoms with Crippen LogP contribution in [0, 0.1) is 17.6 Å². The third kappa shape index (κ3) is 4.16. The summed E-state index contributed by atoms with van der Waals surface area (Å²) in [6.07, 6.45) is -4.17. The minimum Gasteiger partial charge on any atom is -0.481 e. The molecule has 3 nitrogen and oxygen atoms in total. The summed E-state index contributed by atoms with van der Waals surface area (Å²) in [5.41, 5.74) is -1.12. The van der Waals surface area contributed by atoms with Gasteiger partial charge in [0.2, 0.25) is 0 Å². The first-order valence-corrected chi connectivity index (χ1v) is 8.76. The first-order chi connectivity index (χ1) is 13.2. The second-order valence-corrected chi connectivity index (χ2v) is 6.80. The monoisotopic (exact) mass is 399 g/mol. The highest BCUT2D eigenvalue weighted by Crippen LogP contribution is 2.41. The number of benzene rings is 2. The summed E-state index contributed by atoms with van der Waals surface area (Å²) in [7, 11) is 0. The van der Waals surface area contributed by atoms with Crippen LogP contribution in [0.2, 0.25) is 0 Å². The Bertz CT molecular complexity index is 860. The Morgan fingerprint density at radius 1 is 1.04 bits per heavy atom. The summed E-state index contributed by atoms with van der Waals surface area (Å²) in [6, 6.07) is 6.57. The van der Waals surface area contributed by atoms with Crippen LogP contribution in [0.1, 0.15) is 35.6 Å². The van der Waals surface area contributed by atoms with Crippen molar-refractivity contribution in [2.75, 3.05) is 13.1 Å². The van der Waals surface area contributed by atoms with Crippen molar-refractivity contribution >= 4 is 5.97 Å². The molecule has 3 rings (SSSR count). The van der Waals surface area contributed by atoms with Crippen molar-refractivity contribution in [3.05, 3.63) is 70.8 Å². The van der Waals surface area contributed by atoms with Crippen LogP contribution in [0.4, 0.5) is 22.0 Å². The molecule has 0 amide bonds. The molecule has 0 spiro atoms. The van der Waals surface area contributed by atoms with Gasteiger partial charge in [0.25, 0.3) is 0 Å². The molecule has 2 aromatic rings. The van der Waals surface area contributed by atoms with Crippen molar-refractivity contribution in [1.29, 1.82) is 0 Å². The number of alkyl halides is 3. The molecular formula is C20H18F5NO2. The van der Waals surface area contributed by atoms with Crippen molar-refractivity contribution in [2.24, 2.45) is 5.92 Å². The topological polar surface area (TPSA) is 40.5 Å². The van der Waals surface area contributed by atoms with Crippen LogP contribution in [-0.2, 0) is 11.0 Å². The standard InChI is InChI=1S/C20H18F5NO2/c21-13-5-6-15(17(22)11-13)18(26-9-7-12(8-10-26)19(27)28)14-3-1-2-4-16(14)20(23,24)25/h1-6,11-12,18H,7-10H2,(H,27,28). The highest BCUT2D eigenvalue weighted by Gasteiger charge is 2.39. The van der Waals surface area contributed by atoms with Crippen molar-refractivity contribution < 1.29 is 31.9 Å². The maximum Gasteiger partial charge on any atom is 0.416 e. The first-order valence-electron chi connectivity index (χ1n) is 8.76. The minimum atomic E-state index is -4.65. The Hall–Kier alpha value is -2.48. The largest absolute Gasteiger partial charge is 0.481 e. The molecule has 1 aliphatic heterocycles. The summed E-state index contributed by atoms with van der Waals surface area (Å²) >= 11 is 0. The average Bonchev–Trinajstić information content (AvgIpc) is 2.64. The van der Waals surface area contributed by atoms with Crippen LogP contribution in [0.25, 0.3) is 0 Å². The molecular weight excluding hydrogens is 381 g/mol. The van der Waals surface area contributed by atoms with Gasteiger partial charge in [-0.2, -0.15) is 13.2 Å². The number of nitrogens with zero attached hydrogens (tertiary/aromatic N) is 1. The minimum absolute atomic E-state index is 0.0770. The third-order valence-electron chi connectivity index (χ3n) is 5.06. The van der Waals surface area contributed by atoms with E-state index >= 15 is 0 Å². The van der Waals surface area contributed by atoms with Crippen LogP contribution < -0.4 is 0 Å². The van der Waals surface area contributed by atoms with E-state index in [9.17, 15) is 26.7 Å². The zero-order valence-corrected chi connectivity index (χ0v) is 14.7. The fraction of sp³-hybridized carbons (Fsp3) is 0.350. The molecule has 0 aromatic heterocycles. The van der Waals surface area contributed by atoms with E-state index in [-0.39, 0.29) is 37.1 Å². The molecule has 150 valence electrons. The van der Waals surface area contributed by atoms with Gasteiger partial charge in [-0.1, -0.05) is 24.3 Å². The van der Waals surface area contributed by atoms with Crippen LogP contribution >= 0.6 is 0 Å². The van der Waals surface area contributed by atoms with Gasteiger partial charge in [0, 0.05) is 11.6 Å². The van der Waals surface area contributed by atoms with E-state index in [1.807, 2.05) is 0 Å². The smallest absolute Gasteiger partial charge is 0.416 e. The Labute approximate surface area is 158 Å². The zero-order chi connectivity index (χ0) is 20.5. The molecule has 1 aliphatic rings. The maximum atomic E-state index is 14.5. The fourth-order valence-corrected chi connectivity index (χ4v) is 3.68. The van der Waals surface area contributed by atoms with Gasteiger partial charge in [-0.15, -0.1) is 0 Å². The molecule has 0 aliphatic carbocycles. The quantitative estimate of drug-likeness (QED) is 0.746. The van der Waals surface area contributed by atoms with Crippen LogP contribution in [0.3, 0.4) is 0 Å². The van der Waals surface area contributed by atoms with Gasteiger partial charge >= 0.3 is 12.1 Å². The van der Waals surface area contributed by atoms with Crippen molar-refractivity contribution in [1.82, 2.24) is 4.90 Å². The SMILES string of the molecule is O=C(O)C1CCN(C(c2ccc(F)cc2F)c2ccccc2C(F)(F)F)CC1. The van der Waals surface area contributed by atoms with Gasteiger partial charge in [-0.3, -0.25) is 9.69 Å². The van der Waals surface area contributed by atoms with E-state index in [4.69, 9.17) is 5.11 Å². The Morgan fingerprint density at radius 3 is 2.25 bits per heavy atom. The number of carbonyl (C=O) groups is 1. The molecule has 1 saturated heterocycles. The number of piperidine rings is 1. The molecule has 0 radical (unpaired) electrons. The molecule has 0 bridgehead atoms. The van der Waals surface area contributed by atoms with E-state index < -0.39 is 41.3 Å². The summed E-state index contributed by atoms with van der Waals surface area (Å²) < 4.78 is 68.6. The van der Waals surface area contributed by atoms with Gasteiger partial charge in [-0.25, -0.2) is 8.78 Å². The van der Waals surface area contributed by atoms with Crippen LogP contribution in [0.15, 0.2) is 42.5 Å². The van der Waals surface area contributed by atoms with Crippen molar-refractivity contribution in [3.8, 4) is 0 Å². The Kier molecular flexibility index (Phi) is 5.69. The number of halogens is 5. The van der Waals surface area contributed by atoms with E-state index in [2.05, 4.69) is 0 Å². The van der Waals surface area contributed by atoms with Crippen LogP contribution in [-0.4, -0.2) is 29.1 Å². The van der Waals surface area contributed by atoms with E-state index in [1.54, 1.807) is 4.90 Å². The molecule has 8 heteroatoms. The van der Waals surface area contributed by atoms with Gasteiger partial charge in [0.15, 0.2) is 0 Å². The molecule has 1 unspecified atom stereocenters.